The van der Waals surface area contributed by atoms with Crippen LogP contribution in [0, 0.1) is 5.92 Å². The highest BCUT2D eigenvalue weighted by Gasteiger charge is 2.19. The molecule has 6 nitrogen and oxygen atoms in total. The topological polar surface area (TPSA) is 93.4 Å². The summed E-state index contributed by atoms with van der Waals surface area (Å²) in [6.45, 7) is 6.33. The Kier molecular flexibility index (Phi) is 7.49. The highest BCUT2D eigenvalue weighted by Crippen LogP contribution is 1.90. The Balaban J connectivity index is 4.02. The Bertz CT molecular complexity index is 256. The molecule has 0 aromatic rings. The molecule has 0 aliphatic carbocycles. The van der Waals surface area contributed by atoms with Crippen molar-refractivity contribution in [3.8, 4) is 0 Å². The summed E-state index contributed by atoms with van der Waals surface area (Å²) >= 11 is 0. The standard InChI is InChI=1S/C11H23N3O3/c1-7(2)5-13-10(15)8(3)14-11(16)9(12)6-17-4/h7-9H,5-6,12H2,1-4H3,(H,13,15)(H,14,16). The highest BCUT2D eigenvalue weighted by molar-refractivity contribution is 5.89. The summed E-state index contributed by atoms with van der Waals surface area (Å²) in [6.07, 6.45) is 0. The maximum Gasteiger partial charge on any atom is 0.242 e. The molecule has 2 atom stereocenters. The lowest BCUT2D eigenvalue weighted by Gasteiger charge is -2.17. The fourth-order valence-corrected chi connectivity index (χ4v) is 1.10. The molecular formula is C11H23N3O3. The van der Waals surface area contributed by atoms with Crippen LogP contribution in [0.15, 0.2) is 0 Å². The molecule has 0 aliphatic rings. The van der Waals surface area contributed by atoms with Gasteiger partial charge in [0, 0.05) is 13.7 Å². The monoisotopic (exact) mass is 245 g/mol. The van der Waals surface area contributed by atoms with Crippen molar-refractivity contribution in [2.45, 2.75) is 32.9 Å². The number of carbonyl (C=O) groups excluding carboxylic acids is 2. The van der Waals surface area contributed by atoms with Gasteiger partial charge in [-0.3, -0.25) is 9.59 Å². The van der Waals surface area contributed by atoms with E-state index in [4.69, 9.17) is 10.5 Å². The summed E-state index contributed by atoms with van der Waals surface area (Å²) in [5.74, 6) is -0.228. The van der Waals surface area contributed by atoms with E-state index in [1.165, 1.54) is 7.11 Å². The molecule has 0 spiro atoms. The van der Waals surface area contributed by atoms with Crippen LogP contribution in [0.1, 0.15) is 20.8 Å². The summed E-state index contributed by atoms with van der Waals surface area (Å²) in [4.78, 5) is 23.1. The molecule has 0 rings (SSSR count). The first kappa shape index (κ1) is 15.9. The van der Waals surface area contributed by atoms with Crippen LogP contribution in [-0.2, 0) is 14.3 Å². The lowest BCUT2D eigenvalue weighted by Crippen LogP contribution is -2.51. The van der Waals surface area contributed by atoms with Gasteiger partial charge in [-0.25, -0.2) is 0 Å². The van der Waals surface area contributed by atoms with E-state index in [1.54, 1.807) is 6.92 Å². The normalized spacial score (nSPS) is 14.2. The molecule has 2 amide bonds. The number of ether oxygens (including phenoxy) is 1. The third-order valence-electron chi connectivity index (χ3n) is 2.12. The molecule has 6 heteroatoms. The van der Waals surface area contributed by atoms with Gasteiger partial charge in [-0.1, -0.05) is 13.8 Å². The van der Waals surface area contributed by atoms with E-state index in [0.29, 0.717) is 12.5 Å². The molecule has 0 aromatic carbocycles. The molecule has 0 radical (unpaired) electrons. The fraction of sp³-hybridized carbons (Fsp3) is 0.818. The third kappa shape index (κ3) is 6.91. The van der Waals surface area contributed by atoms with E-state index in [2.05, 4.69) is 10.6 Å². The molecule has 0 aromatic heterocycles. The fourth-order valence-electron chi connectivity index (χ4n) is 1.10. The molecule has 2 unspecified atom stereocenters. The van der Waals surface area contributed by atoms with Crippen LogP contribution >= 0.6 is 0 Å². The molecule has 0 saturated heterocycles. The van der Waals surface area contributed by atoms with E-state index in [1.807, 2.05) is 13.8 Å². The van der Waals surface area contributed by atoms with Gasteiger partial charge in [-0.15, -0.1) is 0 Å². The number of nitrogens with one attached hydrogen (secondary N) is 2. The Morgan fingerprint density at radius 3 is 2.29 bits per heavy atom. The Hall–Kier alpha value is -1.14. The number of amides is 2. The van der Waals surface area contributed by atoms with Crippen LogP contribution in [0.2, 0.25) is 0 Å². The van der Waals surface area contributed by atoms with Crippen LogP contribution in [0.25, 0.3) is 0 Å². The van der Waals surface area contributed by atoms with Crippen molar-refractivity contribution in [2.75, 3.05) is 20.3 Å². The summed E-state index contributed by atoms with van der Waals surface area (Å²) in [5.41, 5.74) is 5.53. The summed E-state index contributed by atoms with van der Waals surface area (Å²) in [7, 11) is 1.46. The maximum absolute atomic E-state index is 11.6. The lowest BCUT2D eigenvalue weighted by atomic mass is 10.2. The Morgan fingerprint density at radius 1 is 1.24 bits per heavy atom. The second-order valence-corrected chi connectivity index (χ2v) is 4.43. The van der Waals surface area contributed by atoms with Crippen molar-refractivity contribution in [3.05, 3.63) is 0 Å². The van der Waals surface area contributed by atoms with Gasteiger partial charge in [-0.05, 0) is 12.8 Å². The molecule has 0 saturated carbocycles. The molecule has 0 fully saturated rings. The number of rotatable bonds is 7. The van der Waals surface area contributed by atoms with Crippen molar-refractivity contribution < 1.29 is 14.3 Å². The summed E-state index contributed by atoms with van der Waals surface area (Å²) < 4.78 is 4.76. The van der Waals surface area contributed by atoms with Crippen LogP contribution < -0.4 is 16.4 Å². The average Bonchev–Trinajstić information content (AvgIpc) is 2.25. The van der Waals surface area contributed by atoms with Gasteiger partial charge in [0.15, 0.2) is 0 Å². The second-order valence-electron chi connectivity index (χ2n) is 4.43. The minimum absolute atomic E-state index is 0.131. The highest BCUT2D eigenvalue weighted by atomic mass is 16.5. The number of carbonyl (C=O) groups is 2. The van der Waals surface area contributed by atoms with Crippen LogP contribution in [0.5, 0.6) is 0 Å². The zero-order valence-electron chi connectivity index (χ0n) is 10.9. The van der Waals surface area contributed by atoms with Crippen molar-refractivity contribution in [3.63, 3.8) is 0 Å². The zero-order valence-corrected chi connectivity index (χ0v) is 10.9. The van der Waals surface area contributed by atoms with Gasteiger partial charge < -0.3 is 21.1 Å². The van der Waals surface area contributed by atoms with Gasteiger partial charge in [0.2, 0.25) is 11.8 Å². The van der Waals surface area contributed by atoms with Crippen molar-refractivity contribution >= 4 is 11.8 Å². The van der Waals surface area contributed by atoms with E-state index in [9.17, 15) is 9.59 Å². The van der Waals surface area contributed by atoms with Crippen LogP contribution in [0.3, 0.4) is 0 Å². The molecule has 17 heavy (non-hydrogen) atoms. The average molecular weight is 245 g/mol. The predicted molar refractivity (Wildman–Crippen MR) is 65.3 cm³/mol. The zero-order chi connectivity index (χ0) is 13.4. The van der Waals surface area contributed by atoms with Crippen molar-refractivity contribution in [1.82, 2.24) is 10.6 Å². The largest absolute Gasteiger partial charge is 0.383 e. The molecule has 0 aliphatic heterocycles. The SMILES string of the molecule is COCC(N)C(=O)NC(C)C(=O)NCC(C)C. The van der Waals surface area contributed by atoms with Gasteiger partial charge in [0.1, 0.15) is 12.1 Å². The summed E-state index contributed by atoms with van der Waals surface area (Å²) in [5, 5.41) is 5.26. The lowest BCUT2D eigenvalue weighted by molar-refractivity contribution is -0.129. The van der Waals surface area contributed by atoms with Gasteiger partial charge >= 0.3 is 0 Å². The number of hydrogen-bond acceptors (Lipinski definition) is 4. The smallest absolute Gasteiger partial charge is 0.242 e. The number of nitrogens with two attached hydrogens (primary N) is 1. The predicted octanol–water partition coefficient (Wildman–Crippen LogP) is -0.763. The first-order valence-electron chi connectivity index (χ1n) is 5.71. The van der Waals surface area contributed by atoms with Gasteiger partial charge in [0.05, 0.1) is 6.61 Å². The van der Waals surface area contributed by atoms with E-state index in [0.717, 1.165) is 0 Å². The molecular weight excluding hydrogens is 222 g/mol. The third-order valence-corrected chi connectivity index (χ3v) is 2.12. The minimum Gasteiger partial charge on any atom is -0.383 e. The van der Waals surface area contributed by atoms with Gasteiger partial charge in [-0.2, -0.15) is 0 Å². The molecule has 4 N–H and O–H groups in total. The first-order chi connectivity index (χ1) is 7.88. The van der Waals surface area contributed by atoms with E-state index < -0.39 is 12.1 Å². The van der Waals surface area contributed by atoms with Crippen molar-refractivity contribution in [2.24, 2.45) is 11.7 Å². The Morgan fingerprint density at radius 2 is 1.82 bits per heavy atom. The second kappa shape index (κ2) is 8.03. The maximum atomic E-state index is 11.6. The quantitative estimate of drug-likeness (QED) is 0.549. The van der Waals surface area contributed by atoms with Gasteiger partial charge in [0.25, 0.3) is 0 Å². The van der Waals surface area contributed by atoms with E-state index in [-0.39, 0.29) is 18.4 Å². The summed E-state index contributed by atoms with van der Waals surface area (Å²) in [6, 6.07) is -1.34. The van der Waals surface area contributed by atoms with Crippen LogP contribution in [0.4, 0.5) is 0 Å². The van der Waals surface area contributed by atoms with Crippen LogP contribution in [-0.4, -0.2) is 44.2 Å². The minimum atomic E-state index is -0.750. The number of methoxy groups -OCH3 is 1. The number of hydrogen-bond donors (Lipinski definition) is 3. The Labute approximate surface area is 102 Å². The van der Waals surface area contributed by atoms with E-state index >= 15 is 0 Å². The molecule has 100 valence electrons. The molecule has 0 bridgehead atoms. The first-order valence-corrected chi connectivity index (χ1v) is 5.71. The van der Waals surface area contributed by atoms with Crippen molar-refractivity contribution in [1.29, 1.82) is 0 Å². The molecule has 0 heterocycles.